The Morgan fingerprint density at radius 3 is 2.55 bits per heavy atom. The molecule has 1 saturated carbocycles. The van der Waals surface area contributed by atoms with Crippen molar-refractivity contribution < 1.29 is 5.11 Å². The van der Waals surface area contributed by atoms with Crippen LogP contribution in [0.2, 0.25) is 0 Å². The van der Waals surface area contributed by atoms with Crippen molar-refractivity contribution in [3.8, 4) is 5.69 Å². The van der Waals surface area contributed by atoms with Gasteiger partial charge in [-0.1, -0.05) is 30.0 Å². The highest BCUT2D eigenvalue weighted by Crippen LogP contribution is 2.41. The zero-order valence-electron chi connectivity index (χ0n) is 11.8. The number of para-hydroxylation sites is 1. The summed E-state index contributed by atoms with van der Waals surface area (Å²) in [6.45, 7) is 3.62. The van der Waals surface area contributed by atoms with Gasteiger partial charge in [0, 0.05) is 17.4 Å². The van der Waals surface area contributed by atoms with Crippen molar-refractivity contribution in [1.29, 1.82) is 0 Å². The van der Waals surface area contributed by atoms with Crippen LogP contribution < -0.4 is 0 Å². The van der Waals surface area contributed by atoms with Gasteiger partial charge in [-0.15, -0.1) is 10.2 Å². The number of thioether (sulfide) groups is 1. The molecule has 0 atom stereocenters. The zero-order chi connectivity index (χ0) is 14.2. The lowest BCUT2D eigenvalue weighted by Gasteiger charge is -2.16. The van der Waals surface area contributed by atoms with Gasteiger partial charge in [-0.3, -0.25) is 4.57 Å². The lowest BCUT2D eigenvalue weighted by atomic mass is 10.2. The Morgan fingerprint density at radius 2 is 1.95 bits per heavy atom. The Hall–Kier alpha value is -1.33. The van der Waals surface area contributed by atoms with Crippen LogP contribution >= 0.6 is 11.8 Å². The van der Waals surface area contributed by atoms with E-state index in [0.29, 0.717) is 11.7 Å². The molecule has 4 nitrogen and oxygen atoms in total. The summed E-state index contributed by atoms with van der Waals surface area (Å²) in [4.78, 5) is 0. The summed E-state index contributed by atoms with van der Waals surface area (Å²) in [5, 5.41) is 19.4. The van der Waals surface area contributed by atoms with Crippen LogP contribution in [-0.2, 0) is 0 Å². The molecule has 1 aliphatic carbocycles. The van der Waals surface area contributed by atoms with Crippen LogP contribution in [-0.4, -0.2) is 31.2 Å². The Bertz CT molecular complexity index is 585. The van der Waals surface area contributed by atoms with Crippen molar-refractivity contribution in [1.82, 2.24) is 14.8 Å². The van der Waals surface area contributed by atoms with Crippen molar-refractivity contribution in [2.75, 3.05) is 5.75 Å². The molecule has 0 radical (unpaired) electrons. The van der Waals surface area contributed by atoms with Crippen molar-refractivity contribution >= 4 is 11.8 Å². The lowest BCUT2D eigenvalue weighted by Crippen LogP contribution is -2.22. The van der Waals surface area contributed by atoms with E-state index >= 15 is 0 Å². The fraction of sp³-hybridized carbons (Fsp3) is 0.467. The van der Waals surface area contributed by atoms with Crippen LogP contribution in [0.25, 0.3) is 5.69 Å². The summed E-state index contributed by atoms with van der Waals surface area (Å²) in [7, 11) is 0. The first-order valence-corrected chi connectivity index (χ1v) is 7.89. The van der Waals surface area contributed by atoms with Gasteiger partial charge in [0.25, 0.3) is 0 Å². The second-order valence-corrected chi connectivity index (χ2v) is 6.83. The Morgan fingerprint density at radius 1 is 1.25 bits per heavy atom. The molecule has 1 heterocycles. The van der Waals surface area contributed by atoms with Gasteiger partial charge >= 0.3 is 0 Å². The number of benzene rings is 1. The molecule has 0 aliphatic heterocycles. The van der Waals surface area contributed by atoms with E-state index in [4.69, 9.17) is 0 Å². The maximum absolute atomic E-state index is 9.89. The van der Waals surface area contributed by atoms with Crippen LogP contribution in [0.15, 0.2) is 35.5 Å². The highest BCUT2D eigenvalue weighted by atomic mass is 32.2. The molecule has 1 aromatic carbocycles. The molecule has 0 unspecified atom stereocenters. The molecular formula is C15H19N3OS. The van der Waals surface area contributed by atoms with E-state index in [9.17, 15) is 5.11 Å². The van der Waals surface area contributed by atoms with Crippen LogP contribution in [0.1, 0.15) is 38.4 Å². The molecule has 1 N–H and O–H groups in total. The molecule has 0 spiro atoms. The van der Waals surface area contributed by atoms with Crippen molar-refractivity contribution in [3.63, 3.8) is 0 Å². The fourth-order valence-electron chi connectivity index (χ4n) is 2.04. The third-order valence-corrected chi connectivity index (χ3v) is 4.54. The van der Waals surface area contributed by atoms with Gasteiger partial charge in [0.05, 0.1) is 5.60 Å². The quantitative estimate of drug-likeness (QED) is 0.860. The molecule has 106 valence electrons. The molecule has 0 saturated heterocycles. The SMILES string of the molecule is CC(C)(O)CSc1nnc(C2CC2)n1-c1ccccc1. The minimum atomic E-state index is -0.710. The summed E-state index contributed by atoms with van der Waals surface area (Å²) in [6, 6.07) is 10.2. The Labute approximate surface area is 123 Å². The second kappa shape index (κ2) is 5.22. The summed E-state index contributed by atoms with van der Waals surface area (Å²) in [5.41, 5.74) is 0.385. The van der Waals surface area contributed by atoms with E-state index in [1.165, 1.54) is 12.8 Å². The highest BCUT2D eigenvalue weighted by molar-refractivity contribution is 7.99. The van der Waals surface area contributed by atoms with Crippen LogP contribution in [0.4, 0.5) is 0 Å². The molecule has 5 heteroatoms. The van der Waals surface area contributed by atoms with Gasteiger partial charge in [0.15, 0.2) is 5.16 Å². The van der Waals surface area contributed by atoms with E-state index in [-0.39, 0.29) is 0 Å². The number of aliphatic hydroxyl groups is 1. The second-order valence-electron chi connectivity index (χ2n) is 5.89. The predicted molar refractivity (Wildman–Crippen MR) is 80.4 cm³/mol. The lowest BCUT2D eigenvalue weighted by molar-refractivity contribution is 0.107. The molecular weight excluding hydrogens is 270 g/mol. The normalized spacial score (nSPS) is 15.6. The molecule has 0 bridgehead atoms. The monoisotopic (exact) mass is 289 g/mol. The first-order chi connectivity index (χ1) is 9.54. The van der Waals surface area contributed by atoms with Crippen molar-refractivity contribution in [3.05, 3.63) is 36.2 Å². The predicted octanol–water partition coefficient (Wildman–Crippen LogP) is 3.01. The van der Waals surface area contributed by atoms with Gasteiger partial charge in [-0.2, -0.15) is 0 Å². The molecule has 3 rings (SSSR count). The topological polar surface area (TPSA) is 50.9 Å². The van der Waals surface area contributed by atoms with Gasteiger partial charge in [0.1, 0.15) is 5.82 Å². The minimum absolute atomic E-state index is 0.541. The average molecular weight is 289 g/mol. The number of rotatable bonds is 5. The van der Waals surface area contributed by atoms with E-state index < -0.39 is 5.60 Å². The first kappa shape index (κ1) is 13.6. The highest BCUT2D eigenvalue weighted by Gasteiger charge is 2.31. The van der Waals surface area contributed by atoms with Gasteiger partial charge in [-0.05, 0) is 38.8 Å². The standard InChI is InChI=1S/C15H19N3OS/c1-15(2,19)10-20-14-17-16-13(11-8-9-11)18(14)12-6-4-3-5-7-12/h3-7,11,19H,8-10H2,1-2H3. The molecule has 1 aromatic heterocycles. The minimum Gasteiger partial charge on any atom is -0.390 e. The Kier molecular flexibility index (Phi) is 3.56. The zero-order valence-corrected chi connectivity index (χ0v) is 12.6. The summed E-state index contributed by atoms with van der Waals surface area (Å²) < 4.78 is 2.13. The summed E-state index contributed by atoms with van der Waals surface area (Å²) in [5.74, 6) is 2.19. The smallest absolute Gasteiger partial charge is 0.195 e. The summed E-state index contributed by atoms with van der Waals surface area (Å²) >= 11 is 1.55. The van der Waals surface area contributed by atoms with Crippen molar-refractivity contribution in [2.45, 2.75) is 43.4 Å². The van der Waals surface area contributed by atoms with Crippen molar-refractivity contribution in [2.24, 2.45) is 0 Å². The maximum Gasteiger partial charge on any atom is 0.195 e. The molecule has 20 heavy (non-hydrogen) atoms. The van der Waals surface area contributed by atoms with E-state index in [2.05, 4.69) is 26.9 Å². The summed E-state index contributed by atoms with van der Waals surface area (Å²) in [6.07, 6.45) is 2.39. The van der Waals surface area contributed by atoms with Crippen LogP contribution in [0.3, 0.4) is 0 Å². The maximum atomic E-state index is 9.89. The van der Waals surface area contributed by atoms with Gasteiger partial charge in [-0.25, -0.2) is 0 Å². The largest absolute Gasteiger partial charge is 0.390 e. The first-order valence-electron chi connectivity index (χ1n) is 6.90. The number of hydrogen-bond acceptors (Lipinski definition) is 4. The molecule has 0 amide bonds. The average Bonchev–Trinajstić information content (AvgIpc) is 3.16. The number of aromatic nitrogens is 3. The number of nitrogens with zero attached hydrogens (tertiary/aromatic N) is 3. The molecule has 1 fully saturated rings. The fourth-order valence-corrected chi connectivity index (χ4v) is 2.95. The number of hydrogen-bond donors (Lipinski definition) is 1. The van der Waals surface area contributed by atoms with E-state index in [1.807, 2.05) is 32.0 Å². The van der Waals surface area contributed by atoms with E-state index in [0.717, 1.165) is 16.7 Å². The third kappa shape index (κ3) is 3.04. The van der Waals surface area contributed by atoms with E-state index in [1.54, 1.807) is 11.8 Å². The van der Waals surface area contributed by atoms with Crippen LogP contribution in [0.5, 0.6) is 0 Å². The third-order valence-electron chi connectivity index (χ3n) is 3.17. The molecule has 1 aliphatic rings. The molecule has 2 aromatic rings. The van der Waals surface area contributed by atoms with Crippen LogP contribution in [0, 0.1) is 0 Å². The van der Waals surface area contributed by atoms with Gasteiger partial charge < -0.3 is 5.11 Å². The Balaban J connectivity index is 1.94. The van der Waals surface area contributed by atoms with Gasteiger partial charge in [0.2, 0.25) is 0 Å².